The van der Waals surface area contributed by atoms with Gasteiger partial charge in [-0.2, -0.15) is 0 Å². The molecule has 0 aliphatic carbocycles. The van der Waals surface area contributed by atoms with Gasteiger partial charge in [0.2, 0.25) is 0 Å². The van der Waals surface area contributed by atoms with E-state index in [2.05, 4.69) is 4.98 Å². The molecule has 0 radical (unpaired) electrons. The molecule has 0 amide bonds. The standard InChI is InChI=1S/C8H13N3O2/c1-3-13-8(12)7(9)6-4-10-5-11(6)2/h4-5,7H,3,9H2,1-2H3. The van der Waals surface area contributed by atoms with E-state index in [0.29, 0.717) is 12.3 Å². The maximum Gasteiger partial charge on any atom is 0.329 e. The van der Waals surface area contributed by atoms with Crippen LogP contribution in [-0.2, 0) is 16.6 Å². The molecule has 0 bridgehead atoms. The van der Waals surface area contributed by atoms with Crippen LogP contribution in [0.5, 0.6) is 0 Å². The lowest BCUT2D eigenvalue weighted by Gasteiger charge is -2.10. The second-order valence-electron chi connectivity index (χ2n) is 2.66. The summed E-state index contributed by atoms with van der Waals surface area (Å²) in [4.78, 5) is 15.1. The van der Waals surface area contributed by atoms with Gasteiger partial charge < -0.3 is 15.0 Å². The number of nitrogens with two attached hydrogens (primary N) is 1. The monoisotopic (exact) mass is 183 g/mol. The number of rotatable bonds is 3. The Balaban J connectivity index is 2.73. The van der Waals surface area contributed by atoms with Crippen LogP contribution in [-0.4, -0.2) is 22.1 Å². The zero-order valence-corrected chi connectivity index (χ0v) is 7.73. The molecule has 13 heavy (non-hydrogen) atoms. The summed E-state index contributed by atoms with van der Waals surface area (Å²) in [5.74, 6) is -0.425. The summed E-state index contributed by atoms with van der Waals surface area (Å²) in [7, 11) is 1.78. The molecule has 2 N–H and O–H groups in total. The Kier molecular flexibility index (Phi) is 3.02. The van der Waals surface area contributed by atoms with Crippen LogP contribution in [0.4, 0.5) is 0 Å². The molecule has 0 fully saturated rings. The van der Waals surface area contributed by atoms with Crippen molar-refractivity contribution in [2.24, 2.45) is 12.8 Å². The third-order valence-electron chi connectivity index (χ3n) is 1.71. The van der Waals surface area contributed by atoms with Gasteiger partial charge in [-0.05, 0) is 6.92 Å². The number of imidazole rings is 1. The minimum Gasteiger partial charge on any atom is -0.465 e. The van der Waals surface area contributed by atoms with E-state index in [4.69, 9.17) is 10.5 Å². The highest BCUT2D eigenvalue weighted by Gasteiger charge is 2.19. The van der Waals surface area contributed by atoms with Crippen LogP contribution in [0.2, 0.25) is 0 Å². The van der Waals surface area contributed by atoms with E-state index in [-0.39, 0.29) is 0 Å². The maximum absolute atomic E-state index is 11.2. The molecule has 1 atom stereocenters. The van der Waals surface area contributed by atoms with Crippen molar-refractivity contribution in [1.29, 1.82) is 0 Å². The fraction of sp³-hybridized carbons (Fsp3) is 0.500. The second-order valence-corrected chi connectivity index (χ2v) is 2.66. The fourth-order valence-corrected chi connectivity index (χ4v) is 1.02. The Bertz CT molecular complexity index is 295. The predicted molar refractivity (Wildman–Crippen MR) is 46.8 cm³/mol. The summed E-state index contributed by atoms with van der Waals surface area (Å²) in [6.45, 7) is 2.08. The Labute approximate surface area is 76.5 Å². The summed E-state index contributed by atoms with van der Waals surface area (Å²) >= 11 is 0. The van der Waals surface area contributed by atoms with Gasteiger partial charge >= 0.3 is 5.97 Å². The molecule has 1 heterocycles. The van der Waals surface area contributed by atoms with Crippen molar-refractivity contribution in [1.82, 2.24) is 9.55 Å². The third kappa shape index (κ3) is 2.06. The van der Waals surface area contributed by atoms with Crippen LogP contribution in [0.25, 0.3) is 0 Å². The molecule has 72 valence electrons. The first-order valence-electron chi connectivity index (χ1n) is 4.05. The minimum atomic E-state index is -0.743. The number of aromatic nitrogens is 2. The normalized spacial score (nSPS) is 12.5. The smallest absolute Gasteiger partial charge is 0.329 e. The molecule has 0 spiro atoms. The molecule has 5 nitrogen and oxygen atoms in total. The highest BCUT2D eigenvalue weighted by molar-refractivity contribution is 5.76. The van der Waals surface area contributed by atoms with Crippen molar-refractivity contribution >= 4 is 5.97 Å². The first kappa shape index (κ1) is 9.73. The summed E-state index contributed by atoms with van der Waals surface area (Å²) in [5.41, 5.74) is 6.29. The van der Waals surface area contributed by atoms with Crippen molar-refractivity contribution in [3.63, 3.8) is 0 Å². The van der Waals surface area contributed by atoms with Gasteiger partial charge in [0, 0.05) is 7.05 Å². The van der Waals surface area contributed by atoms with Gasteiger partial charge in [-0.25, -0.2) is 9.78 Å². The van der Waals surface area contributed by atoms with Crippen LogP contribution >= 0.6 is 0 Å². The summed E-state index contributed by atoms with van der Waals surface area (Å²) in [5, 5.41) is 0. The van der Waals surface area contributed by atoms with Crippen molar-refractivity contribution in [2.75, 3.05) is 6.61 Å². The van der Waals surface area contributed by atoms with Gasteiger partial charge in [-0.3, -0.25) is 0 Å². The van der Waals surface area contributed by atoms with Gasteiger partial charge in [-0.1, -0.05) is 0 Å². The van der Waals surface area contributed by atoms with E-state index < -0.39 is 12.0 Å². The Morgan fingerprint density at radius 1 is 1.85 bits per heavy atom. The average molecular weight is 183 g/mol. The summed E-state index contributed by atoms with van der Waals surface area (Å²) < 4.78 is 6.47. The molecule has 0 saturated heterocycles. The largest absolute Gasteiger partial charge is 0.465 e. The summed E-state index contributed by atoms with van der Waals surface area (Å²) in [6, 6.07) is -0.743. The van der Waals surface area contributed by atoms with Crippen LogP contribution < -0.4 is 5.73 Å². The molecule has 1 aromatic rings. The van der Waals surface area contributed by atoms with Gasteiger partial charge in [0.1, 0.15) is 6.04 Å². The SMILES string of the molecule is CCOC(=O)C(N)c1cncn1C. The summed E-state index contributed by atoms with van der Waals surface area (Å²) in [6.07, 6.45) is 3.15. The van der Waals surface area contributed by atoms with Crippen molar-refractivity contribution in [3.05, 3.63) is 18.2 Å². The minimum absolute atomic E-state index is 0.338. The highest BCUT2D eigenvalue weighted by atomic mass is 16.5. The molecular weight excluding hydrogens is 170 g/mol. The van der Waals surface area contributed by atoms with Gasteiger partial charge in [0.15, 0.2) is 0 Å². The van der Waals surface area contributed by atoms with Gasteiger partial charge in [0.25, 0.3) is 0 Å². The number of aryl methyl sites for hydroxylation is 1. The molecule has 0 saturated carbocycles. The van der Waals surface area contributed by atoms with Crippen molar-refractivity contribution in [2.45, 2.75) is 13.0 Å². The number of carbonyl (C=O) groups is 1. The number of hydrogen-bond acceptors (Lipinski definition) is 4. The Morgan fingerprint density at radius 2 is 2.54 bits per heavy atom. The number of carbonyl (C=O) groups excluding carboxylic acids is 1. The molecular formula is C8H13N3O2. The molecule has 1 aromatic heterocycles. The van der Waals surface area contributed by atoms with E-state index in [1.54, 1.807) is 31.1 Å². The highest BCUT2D eigenvalue weighted by Crippen LogP contribution is 2.09. The lowest BCUT2D eigenvalue weighted by atomic mass is 10.2. The fourth-order valence-electron chi connectivity index (χ4n) is 1.02. The average Bonchev–Trinajstić information content (AvgIpc) is 2.50. The molecule has 0 aliphatic heterocycles. The molecule has 1 unspecified atom stereocenters. The molecule has 1 rings (SSSR count). The van der Waals surface area contributed by atoms with Gasteiger partial charge in [-0.15, -0.1) is 0 Å². The van der Waals surface area contributed by atoms with Crippen LogP contribution in [0.15, 0.2) is 12.5 Å². The van der Waals surface area contributed by atoms with Gasteiger partial charge in [0.05, 0.1) is 24.8 Å². The molecule has 0 aliphatic rings. The molecule has 0 aromatic carbocycles. The quantitative estimate of drug-likeness (QED) is 0.669. The third-order valence-corrected chi connectivity index (χ3v) is 1.71. The van der Waals surface area contributed by atoms with Crippen LogP contribution in [0.3, 0.4) is 0 Å². The lowest BCUT2D eigenvalue weighted by molar-refractivity contribution is -0.145. The second kappa shape index (κ2) is 4.04. The number of hydrogen-bond donors (Lipinski definition) is 1. The van der Waals surface area contributed by atoms with Crippen molar-refractivity contribution in [3.8, 4) is 0 Å². The maximum atomic E-state index is 11.2. The first-order valence-corrected chi connectivity index (χ1v) is 4.05. The Morgan fingerprint density at radius 3 is 3.00 bits per heavy atom. The zero-order chi connectivity index (χ0) is 9.84. The van der Waals surface area contributed by atoms with Crippen LogP contribution in [0.1, 0.15) is 18.7 Å². The number of nitrogens with zero attached hydrogens (tertiary/aromatic N) is 2. The number of ether oxygens (including phenoxy) is 1. The first-order chi connectivity index (χ1) is 6.16. The van der Waals surface area contributed by atoms with E-state index in [9.17, 15) is 4.79 Å². The zero-order valence-electron chi connectivity index (χ0n) is 7.73. The van der Waals surface area contributed by atoms with E-state index in [1.807, 2.05) is 0 Å². The van der Waals surface area contributed by atoms with E-state index in [0.717, 1.165) is 0 Å². The van der Waals surface area contributed by atoms with E-state index in [1.165, 1.54) is 0 Å². The van der Waals surface area contributed by atoms with Crippen molar-refractivity contribution < 1.29 is 9.53 Å². The lowest BCUT2D eigenvalue weighted by Crippen LogP contribution is -2.25. The number of esters is 1. The molecule has 5 heteroatoms. The van der Waals surface area contributed by atoms with Crippen LogP contribution in [0, 0.1) is 0 Å². The van der Waals surface area contributed by atoms with E-state index >= 15 is 0 Å². The predicted octanol–water partition coefficient (Wildman–Crippen LogP) is -0.0170. The Hall–Kier alpha value is -1.36. The topological polar surface area (TPSA) is 70.1 Å².